The third-order valence-corrected chi connectivity index (χ3v) is 4.47. The minimum atomic E-state index is -4.65. The van der Waals surface area contributed by atoms with Crippen LogP contribution in [0, 0.1) is 0 Å². The van der Waals surface area contributed by atoms with Crippen LogP contribution >= 0.6 is 0 Å². The Hall–Kier alpha value is -4.48. The average Bonchev–Trinajstić information content (AvgIpc) is 3.14. The lowest BCUT2D eigenvalue weighted by atomic mass is 10.2. The van der Waals surface area contributed by atoms with Gasteiger partial charge in [0.2, 0.25) is 11.8 Å². The van der Waals surface area contributed by atoms with E-state index in [9.17, 15) is 18.0 Å². The van der Waals surface area contributed by atoms with Gasteiger partial charge in [0.25, 0.3) is 5.56 Å². The molecule has 0 saturated heterocycles. The molecule has 12 heteroatoms. The zero-order chi connectivity index (χ0) is 22.3. The number of rotatable bonds is 3. The molecule has 5 aromatic rings. The number of alkyl halides is 3. The molecule has 0 saturated carbocycles. The molecule has 158 valence electrons. The van der Waals surface area contributed by atoms with E-state index in [2.05, 4.69) is 35.3 Å². The minimum Gasteiger partial charge on any atom is -0.319 e. The topological polar surface area (TPSA) is 111 Å². The van der Waals surface area contributed by atoms with Gasteiger partial charge < -0.3 is 5.32 Å². The summed E-state index contributed by atoms with van der Waals surface area (Å²) in [6.45, 7) is 0. The van der Waals surface area contributed by atoms with Crippen molar-refractivity contribution in [2.24, 2.45) is 0 Å². The summed E-state index contributed by atoms with van der Waals surface area (Å²) in [4.78, 5) is 31.7. The summed E-state index contributed by atoms with van der Waals surface area (Å²) in [7, 11) is 0. The molecule has 4 heterocycles. The second kappa shape index (κ2) is 7.34. The highest BCUT2D eigenvalue weighted by Crippen LogP contribution is 2.28. The van der Waals surface area contributed by atoms with Crippen molar-refractivity contribution >= 4 is 28.2 Å². The van der Waals surface area contributed by atoms with E-state index in [0.717, 1.165) is 12.4 Å². The molecule has 0 bridgehead atoms. The molecule has 0 aliphatic heterocycles. The number of nitrogens with one attached hydrogen (secondary N) is 1. The molecule has 0 spiro atoms. The van der Waals surface area contributed by atoms with Gasteiger partial charge in [0.05, 0.1) is 11.1 Å². The maximum absolute atomic E-state index is 12.8. The zero-order valence-electron chi connectivity index (χ0n) is 15.9. The van der Waals surface area contributed by atoms with Crippen LogP contribution in [-0.4, -0.2) is 34.5 Å². The van der Waals surface area contributed by atoms with Crippen LogP contribution in [0.1, 0.15) is 5.82 Å². The van der Waals surface area contributed by atoms with Crippen molar-refractivity contribution < 1.29 is 13.2 Å². The third-order valence-electron chi connectivity index (χ3n) is 4.47. The van der Waals surface area contributed by atoms with Gasteiger partial charge in [0.1, 0.15) is 5.69 Å². The summed E-state index contributed by atoms with van der Waals surface area (Å²) in [6.07, 6.45) is -1.28. The van der Waals surface area contributed by atoms with E-state index in [1.54, 1.807) is 42.5 Å². The number of anilines is 2. The summed E-state index contributed by atoms with van der Waals surface area (Å²) in [6, 6.07) is 11.9. The molecule has 4 aromatic heterocycles. The molecular weight excluding hydrogens is 425 g/mol. The lowest BCUT2D eigenvalue weighted by Gasteiger charge is -2.07. The first-order valence-electron chi connectivity index (χ1n) is 9.18. The Morgan fingerprint density at radius 2 is 1.66 bits per heavy atom. The normalized spacial score (nSPS) is 11.7. The Labute approximate surface area is 176 Å². The number of para-hydroxylation sites is 1. The number of hydrogen-bond donors (Lipinski definition) is 1. The highest BCUT2D eigenvalue weighted by atomic mass is 19.4. The minimum absolute atomic E-state index is 0.0963. The van der Waals surface area contributed by atoms with Gasteiger partial charge in [0.15, 0.2) is 11.5 Å². The highest BCUT2D eigenvalue weighted by molar-refractivity contribution is 5.93. The van der Waals surface area contributed by atoms with Crippen molar-refractivity contribution in [1.82, 2.24) is 34.5 Å². The Morgan fingerprint density at radius 1 is 0.906 bits per heavy atom. The van der Waals surface area contributed by atoms with Gasteiger partial charge >= 0.3 is 6.18 Å². The van der Waals surface area contributed by atoms with Gasteiger partial charge in [-0.2, -0.15) is 17.7 Å². The number of fused-ring (bicyclic) bond motifs is 3. The van der Waals surface area contributed by atoms with Crippen molar-refractivity contribution in [3.8, 4) is 11.4 Å². The van der Waals surface area contributed by atoms with E-state index in [1.807, 2.05) is 0 Å². The van der Waals surface area contributed by atoms with Crippen LogP contribution in [0.4, 0.5) is 24.8 Å². The van der Waals surface area contributed by atoms with Crippen molar-refractivity contribution in [1.29, 1.82) is 0 Å². The standard InChI is InChI=1S/C20H11F3N8O/c21-20(22,23)18-25-9-11(10-26-18)15-29-16-12-5-1-2-6-13(12)27-19(31(16)30-15)28-14-7-3-4-8-24-17(14)32/h1-10H,(H,24,27,28,32). The van der Waals surface area contributed by atoms with E-state index in [4.69, 9.17) is 0 Å². The highest BCUT2D eigenvalue weighted by Gasteiger charge is 2.34. The van der Waals surface area contributed by atoms with Crippen molar-refractivity contribution in [2.75, 3.05) is 5.32 Å². The number of benzene rings is 1. The molecule has 1 aromatic carbocycles. The smallest absolute Gasteiger partial charge is 0.319 e. The van der Waals surface area contributed by atoms with Crippen LogP contribution < -0.4 is 10.9 Å². The summed E-state index contributed by atoms with van der Waals surface area (Å²) < 4.78 is 39.7. The van der Waals surface area contributed by atoms with Gasteiger partial charge in [-0.25, -0.2) is 24.9 Å². The number of nitrogens with zero attached hydrogens (tertiary/aromatic N) is 7. The van der Waals surface area contributed by atoms with Gasteiger partial charge in [-0.3, -0.25) is 4.79 Å². The first-order valence-corrected chi connectivity index (χ1v) is 9.18. The molecule has 9 nitrogen and oxygen atoms in total. The molecule has 0 amide bonds. The molecule has 0 radical (unpaired) electrons. The van der Waals surface area contributed by atoms with Crippen molar-refractivity contribution in [3.63, 3.8) is 0 Å². The molecule has 1 N–H and O–H groups in total. The molecule has 0 fully saturated rings. The van der Waals surface area contributed by atoms with E-state index in [1.165, 1.54) is 10.7 Å². The first kappa shape index (κ1) is 19.5. The van der Waals surface area contributed by atoms with Gasteiger partial charge in [-0.1, -0.05) is 18.2 Å². The van der Waals surface area contributed by atoms with E-state index in [-0.39, 0.29) is 23.0 Å². The Bertz CT molecular complexity index is 1520. The SMILES string of the molecule is O=c1nccccc1Nc1nc2ccccc2c2nc(-c3cnc(C(F)(F)F)nc3)nn12. The molecule has 0 aliphatic rings. The second-order valence-corrected chi connectivity index (χ2v) is 6.59. The fourth-order valence-corrected chi connectivity index (χ4v) is 3.02. The Balaban J connectivity index is 1.68. The lowest BCUT2D eigenvalue weighted by Crippen LogP contribution is -2.11. The summed E-state index contributed by atoms with van der Waals surface area (Å²) in [5.41, 5.74) is 0.803. The van der Waals surface area contributed by atoms with Gasteiger partial charge in [-0.15, -0.1) is 5.10 Å². The monoisotopic (exact) mass is 436 g/mol. The predicted molar refractivity (Wildman–Crippen MR) is 108 cm³/mol. The quantitative estimate of drug-likeness (QED) is 0.459. The second-order valence-electron chi connectivity index (χ2n) is 6.59. The van der Waals surface area contributed by atoms with Crippen LogP contribution in [0.25, 0.3) is 27.9 Å². The zero-order valence-corrected chi connectivity index (χ0v) is 15.9. The summed E-state index contributed by atoms with van der Waals surface area (Å²) in [5, 5.41) is 7.93. The van der Waals surface area contributed by atoms with Crippen LogP contribution in [0.2, 0.25) is 0 Å². The molecule has 0 aliphatic carbocycles. The average molecular weight is 436 g/mol. The summed E-state index contributed by atoms with van der Waals surface area (Å²) >= 11 is 0. The van der Waals surface area contributed by atoms with Gasteiger partial charge in [-0.05, 0) is 24.3 Å². The first-order chi connectivity index (χ1) is 15.4. The molecule has 5 rings (SSSR count). The lowest BCUT2D eigenvalue weighted by molar-refractivity contribution is -0.144. The maximum Gasteiger partial charge on any atom is 0.451 e. The third kappa shape index (κ3) is 3.47. The van der Waals surface area contributed by atoms with E-state index in [0.29, 0.717) is 16.6 Å². The van der Waals surface area contributed by atoms with Crippen LogP contribution in [0.3, 0.4) is 0 Å². The molecule has 32 heavy (non-hydrogen) atoms. The van der Waals surface area contributed by atoms with Crippen LogP contribution in [-0.2, 0) is 6.18 Å². The molecule has 0 unspecified atom stereocenters. The maximum atomic E-state index is 12.8. The fourth-order valence-electron chi connectivity index (χ4n) is 3.02. The fraction of sp³-hybridized carbons (Fsp3) is 0.0500. The van der Waals surface area contributed by atoms with Gasteiger partial charge in [0, 0.05) is 24.0 Å². The Kier molecular flexibility index (Phi) is 4.47. The van der Waals surface area contributed by atoms with Crippen LogP contribution in [0.5, 0.6) is 0 Å². The number of aromatic nitrogens is 7. The number of halogens is 3. The molecule has 0 atom stereocenters. The van der Waals surface area contributed by atoms with Crippen LogP contribution in [0.15, 0.2) is 65.8 Å². The summed E-state index contributed by atoms with van der Waals surface area (Å²) in [5.74, 6) is -0.985. The van der Waals surface area contributed by atoms with Crippen molar-refractivity contribution in [3.05, 3.63) is 77.2 Å². The molecular formula is C20H11F3N8O. The van der Waals surface area contributed by atoms with Crippen molar-refractivity contribution in [2.45, 2.75) is 6.18 Å². The Morgan fingerprint density at radius 3 is 2.44 bits per heavy atom. The predicted octanol–water partition coefficient (Wildman–Crippen LogP) is 3.25. The largest absolute Gasteiger partial charge is 0.451 e. The van der Waals surface area contributed by atoms with E-state index < -0.39 is 17.6 Å². The van der Waals surface area contributed by atoms with E-state index >= 15 is 0 Å². The number of hydrogen-bond acceptors (Lipinski definition) is 8.